The predicted molar refractivity (Wildman–Crippen MR) is 166 cm³/mol. The molecule has 1 aliphatic heterocycles. The van der Waals surface area contributed by atoms with Crippen LogP contribution in [0.2, 0.25) is 0 Å². The first kappa shape index (κ1) is 32.4. The first-order chi connectivity index (χ1) is 20.9. The second-order valence-corrected chi connectivity index (χ2v) is 12.0. The molecule has 1 heterocycles. The molecule has 10 heteroatoms. The van der Waals surface area contributed by atoms with E-state index in [1.54, 1.807) is 51.8 Å². The molecule has 2 N–H and O–H groups in total. The quantitative estimate of drug-likeness (QED) is 0.380. The summed E-state index contributed by atoms with van der Waals surface area (Å²) in [5.41, 5.74) is 0.757. The lowest BCUT2D eigenvalue weighted by molar-refractivity contribution is -0.156. The number of piperazine rings is 1. The Morgan fingerprint density at radius 2 is 1.61 bits per heavy atom. The first-order valence-corrected chi connectivity index (χ1v) is 14.9. The molecule has 0 radical (unpaired) electrons. The van der Waals surface area contributed by atoms with Gasteiger partial charge >= 0.3 is 6.09 Å². The summed E-state index contributed by atoms with van der Waals surface area (Å²) in [6, 6.07) is 16.9. The molecule has 3 aromatic rings. The highest BCUT2D eigenvalue weighted by atomic mass is 19.1. The molecule has 4 rings (SSSR count). The van der Waals surface area contributed by atoms with E-state index in [2.05, 4.69) is 10.6 Å². The Hall–Kier alpha value is -4.47. The summed E-state index contributed by atoms with van der Waals surface area (Å²) in [6.07, 6.45) is -0.0705. The van der Waals surface area contributed by atoms with E-state index in [9.17, 15) is 23.6 Å². The van der Waals surface area contributed by atoms with Crippen molar-refractivity contribution < 1.29 is 28.3 Å². The van der Waals surface area contributed by atoms with Gasteiger partial charge in [0, 0.05) is 33.0 Å². The maximum atomic E-state index is 14.0. The van der Waals surface area contributed by atoms with Crippen LogP contribution < -0.4 is 10.6 Å². The van der Waals surface area contributed by atoms with Crippen molar-refractivity contribution in [2.24, 2.45) is 0 Å². The summed E-state index contributed by atoms with van der Waals surface area (Å²) < 4.78 is 19.0. The SMILES string of the molecule is CC[C@H]1C(=O)N([C@@H](Cc2ccc3ccccc3c2)C(=O)NC)CCN1C(=O)[C@@H](Cc1ccc(F)cc1)NC(=O)OC(C)(C)C. The van der Waals surface area contributed by atoms with Crippen LogP contribution in [0, 0.1) is 5.82 Å². The zero-order chi connectivity index (χ0) is 32.0. The maximum absolute atomic E-state index is 14.0. The van der Waals surface area contributed by atoms with E-state index in [4.69, 9.17) is 4.74 Å². The molecule has 0 unspecified atom stereocenters. The summed E-state index contributed by atoms with van der Waals surface area (Å²) >= 11 is 0. The fourth-order valence-corrected chi connectivity index (χ4v) is 5.58. The predicted octanol–water partition coefficient (Wildman–Crippen LogP) is 4.22. The number of carbonyl (C=O) groups is 4. The van der Waals surface area contributed by atoms with E-state index < -0.39 is 41.5 Å². The first-order valence-electron chi connectivity index (χ1n) is 14.9. The number of fused-ring (bicyclic) bond motifs is 1. The number of rotatable bonds is 9. The van der Waals surface area contributed by atoms with Gasteiger partial charge in [-0.05, 0) is 61.2 Å². The summed E-state index contributed by atoms with van der Waals surface area (Å²) in [5, 5.41) is 7.48. The van der Waals surface area contributed by atoms with Gasteiger partial charge in [0.05, 0.1) is 0 Å². The van der Waals surface area contributed by atoms with Crippen LogP contribution in [0.25, 0.3) is 10.8 Å². The van der Waals surface area contributed by atoms with Crippen LogP contribution in [0.3, 0.4) is 0 Å². The van der Waals surface area contributed by atoms with Crippen LogP contribution in [0.15, 0.2) is 66.7 Å². The van der Waals surface area contributed by atoms with Gasteiger partial charge in [-0.25, -0.2) is 9.18 Å². The topological polar surface area (TPSA) is 108 Å². The van der Waals surface area contributed by atoms with Crippen LogP contribution in [-0.2, 0) is 32.0 Å². The Kier molecular flexibility index (Phi) is 10.2. The fraction of sp³-hybridized carbons (Fsp3) is 0.412. The summed E-state index contributed by atoms with van der Waals surface area (Å²) in [5.74, 6) is -1.49. The molecule has 0 spiro atoms. The van der Waals surface area contributed by atoms with Crippen molar-refractivity contribution >= 4 is 34.6 Å². The molecule has 0 saturated carbocycles. The second-order valence-electron chi connectivity index (χ2n) is 12.0. The van der Waals surface area contributed by atoms with E-state index in [0.717, 1.165) is 16.3 Å². The molecule has 234 valence electrons. The molecule has 0 aromatic heterocycles. The van der Waals surface area contributed by atoms with Gasteiger partial charge < -0.3 is 25.2 Å². The fourth-order valence-electron chi connectivity index (χ4n) is 5.58. The Balaban J connectivity index is 1.57. The number of amides is 4. The lowest BCUT2D eigenvalue weighted by atomic mass is 9.97. The zero-order valence-electron chi connectivity index (χ0n) is 25.9. The van der Waals surface area contributed by atoms with Gasteiger partial charge in [0.15, 0.2) is 0 Å². The smallest absolute Gasteiger partial charge is 0.408 e. The molecule has 0 aliphatic carbocycles. The lowest BCUT2D eigenvalue weighted by Crippen LogP contribution is -2.65. The number of nitrogens with one attached hydrogen (secondary N) is 2. The minimum Gasteiger partial charge on any atom is -0.444 e. The third kappa shape index (κ3) is 7.92. The molecule has 3 atom stereocenters. The molecular formula is C34H41FN4O5. The van der Waals surface area contributed by atoms with E-state index in [1.807, 2.05) is 42.5 Å². The van der Waals surface area contributed by atoms with Gasteiger partial charge in [-0.3, -0.25) is 14.4 Å². The molecule has 0 bridgehead atoms. The number of alkyl carbamates (subject to hydrolysis) is 1. The molecule has 3 aromatic carbocycles. The molecule has 4 amide bonds. The van der Waals surface area contributed by atoms with Crippen LogP contribution in [0.1, 0.15) is 45.2 Å². The second kappa shape index (κ2) is 13.9. The number of hydrogen-bond donors (Lipinski definition) is 2. The molecule has 44 heavy (non-hydrogen) atoms. The highest BCUT2D eigenvalue weighted by molar-refractivity contribution is 5.95. The van der Waals surface area contributed by atoms with Crippen molar-refractivity contribution in [2.75, 3.05) is 20.1 Å². The van der Waals surface area contributed by atoms with Gasteiger partial charge in [-0.1, -0.05) is 61.5 Å². The molecule has 1 fully saturated rings. The van der Waals surface area contributed by atoms with Crippen molar-refractivity contribution in [1.29, 1.82) is 0 Å². The third-order valence-corrected chi connectivity index (χ3v) is 7.71. The van der Waals surface area contributed by atoms with Gasteiger partial charge in [0.25, 0.3) is 0 Å². The van der Waals surface area contributed by atoms with Crippen molar-refractivity contribution in [3.63, 3.8) is 0 Å². The normalized spacial score (nSPS) is 16.8. The van der Waals surface area contributed by atoms with Crippen LogP contribution in [-0.4, -0.2) is 77.5 Å². The minimum atomic E-state index is -1.06. The van der Waals surface area contributed by atoms with Gasteiger partial charge in [0.1, 0.15) is 29.5 Å². The van der Waals surface area contributed by atoms with Crippen molar-refractivity contribution in [2.45, 2.75) is 70.7 Å². The average molecular weight is 605 g/mol. The molecule has 9 nitrogen and oxygen atoms in total. The number of nitrogens with zero attached hydrogens (tertiary/aromatic N) is 2. The number of carbonyl (C=O) groups excluding carboxylic acids is 4. The Labute approximate surface area is 257 Å². The minimum absolute atomic E-state index is 0.0754. The Morgan fingerprint density at radius 3 is 2.25 bits per heavy atom. The average Bonchev–Trinajstić information content (AvgIpc) is 2.99. The van der Waals surface area contributed by atoms with Gasteiger partial charge in [-0.15, -0.1) is 0 Å². The van der Waals surface area contributed by atoms with E-state index in [0.29, 0.717) is 18.4 Å². The van der Waals surface area contributed by atoms with Crippen LogP contribution in [0.5, 0.6) is 0 Å². The van der Waals surface area contributed by atoms with Crippen molar-refractivity contribution in [3.8, 4) is 0 Å². The number of halogens is 1. The number of ether oxygens (including phenoxy) is 1. The highest BCUT2D eigenvalue weighted by Crippen LogP contribution is 2.23. The standard InChI is InChI=1S/C34H41FN4O5/c1-6-28-32(42)39(29(30(40)36-5)21-23-11-14-24-9-7-8-10-25(24)19-23)18-17-38(28)31(41)27(37-33(43)44-34(2,3)4)20-22-12-15-26(35)16-13-22/h7-16,19,27-29H,6,17-18,20-21H2,1-5H3,(H,36,40)(H,37,43)/t27-,28+,29+/m1/s1. The maximum Gasteiger partial charge on any atom is 0.408 e. The lowest BCUT2D eigenvalue weighted by Gasteiger charge is -2.44. The van der Waals surface area contributed by atoms with E-state index in [-0.39, 0.29) is 31.3 Å². The Morgan fingerprint density at radius 1 is 0.955 bits per heavy atom. The van der Waals surface area contributed by atoms with Gasteiger partial charge in [0.2, 0.25) is 17.7 Å². The third-order valence-electron chi connectivity index (χ3n) is 7.71. The summed E-state index contributed by atoms with van der Waals surface area (Å²) in [7, 11) is 1.54. The molecular weight excluding hydrogens is 563 g/mol. The zero-order valence-corrected chi connectivity index (χ0v) is 25.9. The van der Waals surface area contributed by atoms with E-state index >= 15 is 0 Å². The largest absolute Gasteiger partial charge is 0.444 e. The van der Waals surface area contributed by atoms with Crippen LogP contribution in [0.4, 0.5) is 9.18 Å². The van der Waals surface area contributed by atoms with Crippen molar-refractivity contribution in [3.05, 3.63) is 83.7 Å². The monoisotopic (exact) mass is 604 g/mol. The summed E-state index contributed by atoms with van der Waals surface area (Å²) in [6.45, 7) is 7.27. The number of benzene rings is 3. The van der Waals surface area contributed by atoms with Crippen molar-refractivity contribution in [1.82, 2.24) is 20.4 Å². The highest BCUT2D eigenvalue weighted by Gasteiger charge is 2.43. The molecule has 1 aliphatic rings. The number of hydrogen-bond acceptors (Lipinski definition) is 5. The Bertz CT molecular complexity index is 1500. The van der Waals surface area contributed by atoms with E-state index in [1.165, 1.54) is 17.0 Å². The number of likely N-dealkylation sites (N-methyl/N-ethyl adjacent to an activating group) is 1. The van der Waals surface area contributed by atoms with Gasteiger partial charge in [-0.2, -0.15) is 0 Å². The van der Waals surface area contributed by atoms with Crippen LogP contribution >= 0.6 is 0 Å². The molecule has 1 saturated heterocycles. The summed E-state index contributed by atoms with van der Waals surface area (Å²) in [4.78, 5) is 56.9.